The van der Waals surface area contributed by atoms with E-state index >= 15 is 0 Å². The van der Waals surface area contributed by atoms with E-state index in [1.54, 1.807) is 0 Å². The van der Waals surface area contributed by atoms with Crippen LogP contribution in [0.4, 0.5) is 0 Å². The van der Waals surface area contributed by atoms with Crippen LogP contribution in [0.2, 0.25) is 0 Å². The van der Waals surface area contributed by atoms with E-state index in [0.29, 0.717) is 0 Å². The van der Waals surface area contributed by atoms with Crippen molar-refractivity contribution < 1.29 is 0 Å². The van der Waals surface area contributed by atoms with Gasteiger partial charge in [0.1, 0.15) is 0 Å². The van der Waals surface area contributed by atoms with Crippen LogP contribution in [0.25, 0.3) is 0 Å². The van der Waals surface area contributed by atoms with Gasteiger partial charge in [-0.3, -0.25) is 0 Å². The van der Waals surface area contributed by atoms with Gasteiger partial charge in [0.05, 0.1) is 0 Å². The van der Waals surface area contributed by atoms with Crippen LogP contribution in [0.1, 0.15) is 0 Å². The van der Waals surface area contributed by atoms with Crippen LogP contribution in [0.15, 0.2) is 0 Å². The average molecular weight is 131 g/mol. The molecular weight excluding hydrogens is 123 g/mol. The molecule has 0 aliphatic heterocycles. The summed E-state index contributed by atoms with van der Waals surface area (Å²) < 4.78 is 0. The fourth-order valence-corrected chi connectivity index (χ4v) is 0. The maximum absolute atomic E-state index is 2.12. The van der Waals surface area contributed by atoms with Gasteiger partial charge in [0.15, 0.2) is 0 Å². The SMILES string of the molecule is CN(C)[CH2][Ge]. The molecule has 0 bridgehead atoms. The molecule has 0 N–H and O–H groups in total. The van der Waals surface area contributed by atoms with Gasteiger partial charge in [0.25, 0.3) is 0 Å². The first-order valence-electron chi connectivity index (χ1n) is 1.56. The van der Waals surface area contributed by atoms with Crippen molar-refractivity contribution >= 4 is 16.5 Å². The second kappa shape index (κ2) is 2.72. The van der Waals surface area contributed by atoms with Gasteiger partial charge < -0.3 is 0 Å². The van der Waals surface area contributed by atoms with Gasteiger partial charge in [-0.25, -0.2) is 0 Å². The first-order chi connectivity index (χ1) is 2.27. The van der Waals surface area contributed by atoms with Crippen molar-refractivity contribution in [3.05, 3.63) is 0 Å². The normalized spacial score (nSPS) is 9.60. The van der Waals surface area contributed by atoms with E-state index in [-0.39, 0.29) is 0 Å². The third-order valence-corrected chi connectivity index (χ3v) is 1.64. The number of nitrogens with zero attached hydrogens (tertiary/aromatic N) is 1. The Labute approximate surface area is 41.6 Å². The maximum atomic E-state index is 2.12. The Hall–Kier alpha value is 0.503. The molecule has 0 fully saturated rings. The van der Waals surface area contributed by atoms with Crippen molar-refractivity contribution in [1.82, 2.24) is 4.90 Å². The molecule has 5 heavy (non-hydrogen) atoms. The molecule has 1 nitrogen and oxygen atoms in total. The van der Waals surface area contributed by atoms with E-state index in [9.17, 15) is 0 Å². The van der Waals surface area contributed by atoms with Crippen molar-refractivity contribution in [3.63, 3.8) is 0 Å². The van der Waals surface area contributed by atoms with Gasteiger partial charge in [-0.1, -0.05) is 0 Å². The summed E-state index contributed by atoms with van der Waals surface area (Å²) >= 11 is 2.12. The molecule has 0 heterocycles. The number of rotatable bonds is 1. The molecule has 0 amide bonds. The molecule has 2 heteroatoms. The van der Waals surface area contributed by atoms with E-state index in [4.69, 9.17) is 0 Å². The summed E-state index contributed by atoms with van der Waals surface area (Å²) in [5.74, 6) is 0. The molecule has 0 spiro atoms. The molecule has 0 aromatic carbocycles. The van der Waals surface area contributed by atoms with Crippen LogP contribution < -0.4 is 0 Å². The van der Waals surface area contributed by atoms with Gasteiger partial charge in [-0.15, -0.1) is 0 Å². The molecule has 0 atom stereocenters. The zero-order chi connectivity index (χ0) is 4.28. The predicted molar refractivity (Wildman–Crippen MR) is 24.3 cm³/mol. The van der Waals surface area contributed by atoms with Gasteiger partial charge in [-0.2, -0.15) is 0 Å². The Balaban J connectivity index is 2.54. The third-order valence-electron chi connectivity index (χ3n) is 0.316. The summed E-state index contributed by atoms with van der Waals surface area (Å²) in [4.78, 5) is 2.12. The van der Waals surface area contributed by atoms with Crippen LogP contribution in [0, 0.1) is 0 Å². The molecule has 0 rings (SSSR count). The molecule has 3 radical (unpaired) electrons. The minimum absolute atomic E-state index is 1.14. The van der Waals surface area contributed by atoms with E-state index in [2.05, 4.69) is 35.5 Å². The molecule has 0 aliphatic rings. The van der Waals surface area contributed by atoms with Crippen molar-refractivity contribution in [1.29, 1.82) is 0 Å². The quantitative estimate of drug-likeness (QED) is 0.440. The molecular formula is C3H8GeN. The molecule has 0 aliphatic carbocycles. The van der Waals surface area contributed by atoms with Crippen molar-refractivity contribution in [2.45, 2.75) is 0 Å². The molecule has 0 aromatic heterocycles. The van der Waals surface area contributed by atoms with Crippen LogP contribution in [-0.4, -0.2) is 40.9 Å². The number of hydrogen-bond donors (Lipinski definition) is 0. The Morgan fingerprint density at radius 1 is 1.60 bits per heavy atom. The zero-order valence-corrected chi connectivity index (χ0v) is 5.75. The molecule has 0 aromatic rings. The zero-order valence-electron chi connectivity index (χ0n) is 3.65. The first kappa shape index (κ1) is 5.50. The van der Waals surface area contributed by atoms with E-state index in [1.165, 1.54) is 0 Å². The van der Waals surface area contributed by atoms with Gasteiger partial charge >= 0.3 is 40.9 Å². The summed E-state index contributed by atoms with van der Waals surface area (Å²) in [5, 5.41) is 1.14. The Morgan fingerprint density at radius 2 is 1.80 bits per heavy atom. The number of hydrogen-bond acceptors (Lipinski definition) is 1. The van der Waals surface area contributed by atoms with Crippen LogP contribution in [0.5, 0.6) is 0 Å². The standard InChI is InChI=1S/C3H8GeN/c1-5(2)3-4/h3H2,1-2H3. The average Bonchev–Trinajstić information content (AvgIpc) is 1.38. The first-order valence-corrected chi connectivity index (χ1v) is 3.05. The third kappa shape index (κ3) is 4.50. The Morgan fingerprint density at radius 3 is 1.80 bits per heavy atom. The second-order valence-corrected chi connectivity index (χ2v) is 1.90. The fourth-order valence-electron chi connectivity index (χ4n) is 0. The van der Waals surface area contributed by atoms with E-state index < -0.39 is 0 Å². The fraction of sp³-hybridized carbons (Fsp3) is 1.00. The monoisotopic (exact) mass is 132 g/mol. The Kier molecular flexibility index (Phi) is 3.00. The van der Waals surface area contributed by atoms with Crippen molar-refractivity contribution in [3.8, 4) is 0 Å². The summed E-state index contributed by atoms with van der Waals surface area (Å²) in [6, 6.07) is 0. The van der Waals surface area contributed by atoms with Gasteiger partial charge in [0.2, 0.25) is 0 Å². The van der Waals surface area contributed by atoms with E-state index in [1.807, 2.05) is 0 Å². The molecule has 0 unspecified atom stereocenters. The predicted octanol–water partition coefficient (Wildman–Crippen LogP) is -0.326. The summed E-state index contributed by atoms with van der Waals surface area (Å²) in [6.45, 7) is 0. The van der Waals surface area contributed by atoms with Crippen molar-refractivity contribution in [2.24, 2.45) is 0 Å². The summed E-state index contributed by atoms with van der Waals surface area (Å²) in [5.41, 5.74) is 0. The minimum atomic E-state index is 1.14. The van der Waals surface area contributed by atoms with Gasteiger partial charge in [-0.05, 0) is 0 Å². The van der Waals surface area contributed by atoms with Crippen molar-refractivity contribution in [2.75, 3.05) is 19.5 Å². The molecule has 0 saturated heterocycles. The second-order valence-electron chi connectivity index (χ2n) is 1.24. The van der Waals surface area contributed by atoms with Crippen LogP contribution in [-0.2, 0) is 0 Å². The van der Waals surface area contributed by atoms with Gasteiger partial charge in [0, 0.05) is 0 Å². The summed E-state index contributed by atoms with van der Waals surface area (Å²) in [7, 11) is 4.11. The Bertz CT molecular complexity index is 20.9. The molecule has 29 valence electrons. The topological polar surface area (TPSA) is 3.24 Å². The van der Waals surface area contributed by atoms with Crippen LogP contribution in [0.3, 0.4) is 0 Å². The summed E-state index contributed by atoms with van der Waals surface area (Å²) in [6.07, 6.45) is 0. The van der Waals surface area contributed by atoms with E-state index in [0.717, 1.165) is 5.38 Å². The molecule has 0 saturated carbocycles. The van der Waals surface area contributed by atoms with Crippen LogP contribution >= 0.6 is 0 Å².